The number of ether oxygens (including phenoxy) is 1. The molecule has 0 spiro atoms. The lowest BCUT2D eigenvalue weighted by Crippen LogP contribution is -2.42. The fraction of sp³-hybridized carbons (Fsp3) is 0.357. The smallest absolute Gasteiger partial charge is 0.0768 e. The number of rotatable bonds is 6. The maximum atomic E-state index is 6.21. The molecule has 1 saturated heterocycles. The largest absolute Gasteiger partial charge is 0.375 e. The van der Waals surface area contributed by atoms with Gasteiger partial charge in [-0.25, -0.2) is 0 Å². The van der Waals surface area contributed by atoms with E-state index in [0.29, 0.717) is 11.8 Å². The fourth-order valence-corrected chi connectivity index (χ4v) is 5.08. The van der Waals surface area contributed by atoms with Crippen LogP contribution in [0.1, 0.15) is 41.4 Å². The minimum Gasteiger partial charge on any atom is -0.375 e. The Morgan fingerprint density at radius 3 is 2.47 bits per heavy atom. The second kappa shape index (κ2) is 8.75. The summed E-state index contributed by atoms with van der Waals surface area (Å²) in [4.78, 5) is 0. The maximum absolute atomic E-state index is 6.21. The van der Waals surface area contributed by atoms with Gasteiger partial charge in [0.25, 0.3) is 0 Å². The summed E-state index contributed by atoms with van der Waals surface area (Å²) < 4.78 is 6.21. The summed E-state index contributed by atoms with van der Waals surface area (Å²) in [5.41, 5.74) is 6.98. The summed E-state index contributed by atoms with van der Waals surface area (Å²) in [6, 6.07) is 29.0. The van der Waals surface area contributed by atoms with E-state index < -0.39 is 0 Å². The Labute approximate surface area is 180 Å². The highest BCUT2D eigenvalue weighted by molar-refractivity contribution is 5.69. The van der Waals surface area contributed by atoms with Crippen LogP contribution in [0.2, 0.25) is 0 Å². The predicted molar refractivity (Wildman–Crippen MR) is 124 cm³/mol. The van der Waals surface area contributed by atoms with Crippen molar-refractivity contribution in [1.29, 1.82) is 0 Å². The molecular weight excluding hydrogens is 366 g/mol. The summed E-state index contributed by atoms with van der Waals surface area (Å²) in [6.07, 6.45) is 2.75. The lowest BCUT2D eigenvalue weighted by molar-refractivity contribution is 0.00805. The van der Waals surface area contributed by atoms with Gasteiger partial charge < -0.3 is 10.1 Å². The molecule has 2 heteroatoms. The Morgan fingerprint density at radius 1 is 0.933 bits per heavy atom. The van der Waals surface area contributed by atoms with E-state index in [0.717, 1.165) is 25.6 Å². The van der Waals surface area contributed by atoms with Crippen LogP contribution in [0, 0.1) is 12.8 Å². The highest BCUT2D eigenvalue weighted by atomic mass is 16.5. The van der Waals surface area contributed by atoms with Gasteiger partial charge in [-0.2, -0.15) is 0 Å². The molecule has 0 aromatic heterocycles. The monoisotopic (exact) mass is 397 g/mol. The van der Waals surface area contributed by atoms with Crippen LogP contribution in [0.15, 0.2) is 78.9 Å². The van der Waals surface area contributed by atoms with E-state index in [1.54, 1.807) is 0 Å². The van der Waals surface area contributed by atoms with Gasteiger partial charge in [0.15, 0.2) is 0 Å². The molecule has 0 bridgehead atoms. The normalized spacial score (nSPS) is 24.4. The molecule has 1 N–H and O–H groups in total. The maximum Gasteiger partial charge on any atom is 0.0768 e. The Balaban J connectivity index is 1.37. The Bertz CT molecular complexity index is 959. The van der Waals surface area contributed by atoms with Gasteiger partial charge >= 0.3 is 0 Å². The van der Waals surface area contributed by atoms with E-state index in [2.05, 4.69) is 91.1 Å². The van der Waals surface area contributed by atoms with E-state index in [4.69, 9.17) is 4.74 Å². The van der Waals surface area contributed by atoms with Crippen LogP contribution in [-0.4, -0.2) is 25.8 Å². The molecule has 2 aliphatic rings. The standard InChI is InChI=1S/C28H31NO/c1-20-11-13-22(14-12-20)24-9-5-6-10-25(24)26-17-23(26)18-27(21-7-3-2-4-8-21)28-19-29-15-16-30-28/h2-14,23,26-29H,15-19H2,1H3/t23?,26?,27?,28-/m0/s1. The molecule has 1 aliphatic heterocycles. The molecule has 30 heavy (non-hydrogen) atoms. The predicted octanol–water partition coefficient (Wildman–Crippen LogP) is 5.93. The first-order chi connectivity index (χ1) is 14.8. The van der Waals surface area contributed by atoms with Crippen molar-refractivity contribution < 1.29 is 4.74 Å². The minimum absolute atomic E-state index is 0.273. The number of morpholine rings is 1. The zero-order valence-corrected chi connectivity index (χ0v) is 17.8. The van der Waals surface area contributed by atoms with Gasteiger partial charge in [-0.1, -0.05) is 84.4 Å². The molecule has 2 nitrogen and oxygen atoms in total. The first kappa shape index (κ1) is 19.5. The number of benzene rings is 3. The van der Waals surface area contributed by atoms with Crippen LogP contribution in [0.25, 0.3) is 11.1 Å². The quantitative estimate of drug-likeness (QED) is 0.557. The highest BCUT2D eigenvalue weighted by Crippen LogP contribution is 2.54. The number of aryl methyl sites for hydroxylation is 1. The third-order valence-corrected chi connectivity index (χ3v) is 6.83. The van der Waals surface area contributed by atoms with Crippen molar-refractivity contribution in [3.8, 4) is 11.1 Å². The van der Waals surface area contributed by atoms with Crippen LogP contribution < -0.4 is 5.32 Å². The zero-order chi connectivity index (χ0) is 20.3. The van der Waals surface area contributed by atoms with Gasteiger partial charge in [0, 0.05) is 19.0 Å². The van der Waals surface area contributed by atoms with Crippen molar-refractivity contribution in [2.45, 2.75) is 37.7 Å². The Hall–Kier alpha value is -2.42. The SMILES string of the molecule is Cc1ccc(-c2ccccc2C2CC2CC(c2ccccc2)[C@@H]2CNCCO2)cc1. The minimum atomic E-state index is 0.273. The van der Waals surface area contributed by atoms with Crippen LogP contribution in [0.3, 0.4) is 0 Å². The molecule has 1 heterocycles. The van der Waals surface area contributed by atoms with Crippen molar-refractivity contribution in [2.24, 2.45) is 5.92 Å². The third kappa shape index (κ3) is 4.21. The summed E-state index contributed by atoms with van der Waals surface area (Å²) in [5, 5.41) is 3.53. The average molecular weight is 398 g/mol. The topological polar surface area (TPSA) is 21.3 Å². The fourth-order valence-electron chi connectivity index (χ4n) is 5.08. The van der Waals surface area contributed by atoms with Crippen molar-refractivity contribution in [2.75, 3.05) is 19.7 Å². The molecule has 3 aromatic carbocycles. The van der Waals surface area contributed by atoms with Crippen molar-refractivity contribution >= 4 is 0 Å². The van der Waals surface area contributed by atoms with Crippen LogP contribution >= 0.6 is 0 Å². The first-order valence-electron chi connectivity index (χ1n) is 11.3. The zero-order valence-electron chi connectivity index (χ0n) is 17.8. The van der Waals surface area contributed by atoms with Gasteiger partial charge in [0.05, 0.1) is 12.7 Å². The van der Waals surface area contributed by atoms with Gasteiger partial charge in [0.2, 0.25) is 0 Å². The Morgan fingerprint density at radius 2 is 1.70 bits per heavy atom. The molecule has 3 aromatic rings. The van der Waals surface area contributed by atoms with Crippen molar-refractivity contribution in [3.63, 3.8) is 0 Å². The van der Waals surface area contributed by atoms with Gasteiger partial charge in [0.1, 0.15) is 0 Å². The summed E-state index contributed by atoms with van der Waals surface area (Å²) >= 11 is 0. The van der Waals surface area contributed by atoms with Crippen LogP contribution in [0.4, 0.5) is 0 Å². The molecule has 3 unspecified atom stereocenters. The molecular formula is C28H31NO. The second-order valence-corrected chi connectivity index (χ2v) is 8.92. The third-order valence-electron chi connectivity index (χ3n) is 6.83. The average Bonchev–Trinajstić information content (AvgIpc) is 3.58. The molecule has 0 radical (unpaired) electrons. The molecule has 4 atom stereocenters. The molecule has 5 rings (SSSR count). The summed E-state index contributed by atoms with van der Waals surface area (Å²) in [6.45, 7) is 4.89. The van der Waals surface area contributed by atoms with Gasteiger partial charge in [-0.3, -0.25) is 0 Å². The lowest BCUT2D eigenvalue weighted by atomic mass is 9.86. The van der Waals surface area contributed by atoms with E-state index in [1.807, 2.05) is 0 Å². The number of hydrogen-bond acceptors (Lipinski definition) is 2. The highest BCUT2D eigenvalue weighted by Gasteiger charge is 2.42. The summed E-state index contributed by atoms with van der Waals surface area (Å²) in [7, 11) is 0. The molecule has 154 valence electrons. The van der Waals surface area contributed by atoms with Gasteiger partial charge in [-0.15, -0.1) is 0 Å². The van der Waals surface area contributed by atoms with Crippen molar-refractivity contribution in [3.05, 3.63) is 95.6 Å². The number of nitrogens with one attached hydrogen (secondary N) is 1. The first-order valence-corrected chi connectivity index (χ1v) is 11.3. The molecule has 0 amide bonds. The van der Waals surface area contributed by atoms with E-state index in [-0.39, 0.29) is 6.10 Å². The molecule has 1 saturated carbocycles. The molecule has 2 fully saturated rings. The van der Waals surface area contributed by atoms with Crippen LogP contribution in [0.5, 0.6) is 0 Å². The summed E-state index contributed by atoms with van der Waals surface area (Å²) in [5.74, 6) is 1.85. The second-order valence-electron chi connectivity index (χ2n) is 8.92. The molecule has 1 aliphatic carbocycles. The van der Waals surface area contributed by atoms with Gasteiger partial charge in [-0.05, 0) is 53.9 Å². The van der Waals surface area contributed by atoms with Crippen LogP contribution in [-0.2, 0) is 4.74 Å². The van der Waals surface area contributed by atoms with Crippen molar-refractivity contribution in [1.82, 2.24) is 5.32 Å². The van der Waals surface area contributed by atoms with E-state index >= 15 is 0 Å². The van der Waals surface area contributed by atoms with E-state index in [1.165, 1.54) is 40.7 Å². The lowest BCUT2D eigenvalue weighted by Gasteiger charge is -2.31. The van der Waals surface area contributed by atoms with E-state index in [9.17, 15) is 0 Å². The number of hydrogen-bond donors (Lipinski definition) is 1. The Kier molecular flexibility index (Phi) is 5.70.